The van der Waals surface area contributed by atoms with Gasteiger partial charge in [-0.1, -0.05) is 18.2 Å². The third-order valence-electron chi connectivity index (χ3n) is 2.68. The van der Waals surface area contributed by atoms with Gasteiger partial charge in [0.2, 0.25) is 0 Å². The molecule has 1 aromatic heterocycles. The Bertz CT molecular complexity index is 682. The van der Waals surface area contributed by atoms with Gasteiger partial charge in [-0.25, -0.2) is 4.79 Å². The van der Waals surface area contributed by atoms with Gasteiger partial charge in [0, 0.05) is 16.6 Å². The Labute approximate surface area is 140 Å². The molecule has 2 rings (SSSR count). The zero-order valence-corrected chi connectivity index (χ0v) is 14.2. The number of nitrogens with one attached hydrogen (secondary N) is 1. The highest BCUT2D eigenvalue weighted by Crippen LogP contribution is 2.23. The Kier molecular flexibility index (Phi) is 5.91. The lowest BCUT2D eigenvalue weighted by Crippen LogP contribution is -2.29. The van der Waals surface area contributed by atoms with Crippen molar-refractivity contribution in [1.82, 2.24) is 0 Å². The van der Waals surface area contributed by atoms with Crippen molar-refractivity contribution in [3.63, 3.8) is 0 Å². The highest BCUT2D eigenvalue weighted by atomic mass is 79.9. The first-order valence-corrected chi connectivity index (χ1v) is 8.15. The summed E-state index contributed by atoms with van der Waals surface area (Å²) in [7, 11) is 0. The molecule has 0 bridgehead atoms. The van der Waals surface area contributed by atoms with Crippen molar-refractivity contribution in [2.45, 2.75) is 13.0 Å². The van der Waals surface area contributed by atoms with Crippen molar-refractivity contribution < 1.29 is 14.3 Å². The molecule has 0 fully saturated rings. The Morgan fingerprint density at radius 3 is 2.59 bits per heavy atom. The van der Waals surface area contributed by atoms with Crippen molar-refractivity contribution in [2.75, 3.05) is 5.32 Å². The van der Waals surface area contributed by atoms with Crippen LogP contribution in [0.25, 0.3) is 6.08 Å². The average Bonchev–Trinajstić information content (AvgIpc) is 2.92. The van der Waals surface area contributed by atoms with Crippen molar-refractivity contribution in [1.29, 1.82) is 0 Å². The van der Waals surface area contributed by atoms with Gasteiger partial charge in [-0.05, 0) is 53.2 Å². The molecule has 0 radical (unpaired) electrons. The third-order valence-corrected chi connectivity index (χ3v) is 4.27. The summed E-state index contributed by atoms with van der Waals surface area (Å²) in [5.74, 6) is -0.924. The molecule has 1 aromatic carbocycles. The van der Waals surface area contributed by atoms with E-state index in [0.717, 1.165) is 8.66 Å². The Hall–Kier alpha value is -1.92. The Morgan fingerprint density at radius 1 is 1.23 bits per heavy atom. The summed E-state index contributed by atoms with van der Waals surface area (Å²) in [4.78, 5) is 24.5. The summed E-state index contributed by atoms with van der Waals surface area (Å²) in [6.45, 7) is 1.53. The molecule has 6 heteroatoms. The normalized spacial score (nSPS) is 12.1. The monoisotopic (exact) mass is 379 g/mol. The molecule has 2 aromatic rings. The van der Waals surface area contributed by atoms with Crippen molar-refractivity contribution in [3.05, 3.63) is 57.2 Å². The van der Waals surface area contributed by atoms with E-state index >= 15 is 0 Å². The van der Waals surface area contributed by atoms with E-state index in [1.165, 1.54) is 24.3 Å². The van der Waals surface area contributed by atoms with Crippen molar-refractivity contribution >= 4 is 50.9 Å². The average molecular weight is 380 g/mol. The smallest absolute Gasteiger partial charge is 0.331 e. The number of ether oxygens (including phenoxy) is 1. The zero-order valence-electron chi connectivity index (χ0n) is 11.8. The molecule has 1 heterocycles. The van der Waals surface area contributed by atoms with Crippen LogP contribution >= 0.6 is 27.3 Å². The molecular formula is C16H14BrNO3S. The van der Waals surface area contributed by atoms with Crippen LogP contribution in [0.2, 0.25) is 0 Å². The van der Waals surface area contributed by atoms with E-state index in [9.17, 15) is 9.59 Å². The van der Waals surface area contributed by atoms with Crippen LogP contribution in [0.4, 0.5) is 5.69 Å². The number of rotatable bonds is 5. The molecule has 0 aliphatic carbocycles. The molecule has 4 nitrogen and oxygen atoms in total. The fourth-order valence-electron chi connectivity index (χ4n) is 1.60. The largest absolute Gasteiger partial charge is 0.449 e. The second kappa shape index (κ2) is 7.91. The molecule has 22 heavy (non-hydrogen) atoms. The minimum atomic E-state index is -0.868. The number of para-hydroxylation sites is 1. The number of hydrogen-bond acceptors (Lipinski definition) is 4. The lowest BCUT2D eigenvalue weighted by Gasteiger charge is -2.12. The van der Waals surface area contributed by atoms with Crippen LogP contribution in [-0.4, -0.2) is 18.0 Å². The van der Waals surface area contributed by atoms with Crippen molar-refractivity contribution in [2.24, 2.45) is 0 Å². The van der Waals surface area contributed by atoms with Crippen LogP contribution < -0.4 is 5.32 Å². The van der Waals surface area contributed by atoms with Gasteiger partial charge in [-0.2, -0.15) is 0 Å². The fourth-order valence-corrected chi connectivity index (χ4v) is 2.93. The minimum absolute atomic E-state index is 0.369. The number of hydrogen-bond donors (Lipinski definition) is 1. The number of halogens is 1. The second-order valence-corrected chi connectivity index (χ2v) is 6.90. The second-order valence-electron chi connectivity index (χ2n) is 4.41. The number of thiophene rings is 1. The van der Waals surface area contributed by atoms with Crippen LogP contribution in [0.3, 0.4) is 0 Å². The SMILES string of the molecule is C[C@@H](OC(=O)/C=C/c1ccc(Br)s1)C(=O)Nc1ccccc1. The first-order valence-electron chi connectivity index (χ1n) is 6.54. The maximum atomic E-state index is 11.9. The first kappa shape index (κ1) is 16.5. The van der Waals surface area contributed by atoms with Gasteiger partial charge in [0.15, 0.2) is 6.10 Å². The number of benzene rings is 1. The lowest BCUT2D eigenvalue weighted by molar-refractivity contribution is -0.148. The molecule has 114 valence electrons. The van der Waals surface area contributed by atoms with Gasteiger partial charge in [0.1, 0.15) is 0 Å². The van der Waals surface area contributed by atoms with Crippen LogP contribution in [0, 0.1) is 0 Å². The maximum Gasteiger partial charge on any atom is 0.331 e. The number of carbonyl (C=O) groups excluding carboxylic acids is 2. The van der Waals surface area contributed by atoms with Crippen molar-refractivity contribution in [3.8, 4) is 0 Å². The summed E-state index contributed by atoms with van der Waals surface area (Å²) >= 11 is 4.85. The van der Waals surface area contributed by atoms with Crippen LogP contribution in [0.15, 0.2) is 52.3 Å². The van der Waals surface area contributed by atoms with E-state index in [1.54, 1.807) is 18.2 Å². The number of carbonyl (C=O) groups is 2. The molecule has 0 spiro atoms. The predicted molar refractivity (Wildman–Crippen MR) is 91.7 cm³/mol. The Balaban J connectivity index is 1.85. The van der Waals surface area contributed by atoms with Gasteiger partial charge < -0.3 is 10.1 Å². The molecule has 0 aliphatic rings. The molecule has 1 N–H and O–H groups in total. The third kappa shape index (κ3) is 5.13. The number of amides is 1. The summed E-state index contributed by atoms with van der Waals surface area (Å²) < 4.78 is 6.05. The van der Waals surface area contributed by atoms with E-state index in [4.69, 9.17) is 4.74 Å². The Morgan fingerprint density at radius 2 is 1.95 bits per heavy atom. The molecular weight excluding hydrogens is 366 g/mol. The molecule has 1 atom stereocenters. The highest BCUT2D eigenvalue weighted by molar-refractivity contribution is 9.11. The maximum absolute atomic E-state index is 11.9. The minimum Gasteiger partial charge on any atom is -0.449 e. The number of anilines is 1. The quantitative estimate of drug-likeness (QED) is 0.628. The van der Waals surface area contributed by atoms with Gasteiger partial charge in [-0.3, -0.25) is 4.79 Å². The summed E-state index contributed by atoms with van der Waals surface area (Å²) in [5, 5.41) is 2.68. The van der Waals surface area contributed by atoms with E-state index in [0.29, 0.717) is 5.69 Å². The van der Waals surface area contributed by atoms with E-state index in [1.807, 2.05) is 30.3 Å². The van der Waals surface area contributed by atoms with Gasteiger partial charge >= 0.3 is 5.97 Å². The summed E-state index contributed by atoms with van der Waals surface area (Å²) in [5.41, 5.74) is 0.661. The number of esters is 1. The highest BCUT2D eigenvalue weighted by Gasteiger charge is 2.16. The first-order chi connectivity index (χ1) is 10.5. The van der Waals surface area contributed by atoms with E-state index in [2.05, 4.69) is 21.2 Å². The fraction of sp³-hybridized carbons (Fsp3) is 0.125. The van der Waals surface area contributed by atoms with Crippen LogP contribution in [0.1, 0.15) is 11.8 Å². The molecule has 0 aliphatic heterocycles. The standard InChI is InChI=1S/C16H14BrNO3S/c1-11(16(20)18-12-5-3-2-4-6-12)21-15(19)10-8-13-7-9-14(17)22-13/h2-11H,1H3,(H,18,20)/b10-8+/t11-/m1/s1. The lowest BCUT2D eigenvalue weighted by atomic mass is 10.3. The van der Waals surface area contributed by atoms with Gasteiger partial charge in [0.05, 0.1) is 3.79 Å². The van der Waals surface area contributed by atoms with Gasteiger partial charge in [-0.15, -0.1) is 11.3 Å². The van der Waals surface area contributed by atoms with E-state index in [-0.39, 0.29) is 5.91 Å². The summed E-state index contributed by atoms with van der Waals surface area (Å²) in [6.07, 6.45) is 2.09. The topological polar surface area (TPSA) is 55.4 Å². The summed E-state index contributed by atoms with van der Waals surface area (Å²) in [6, 6.07) is 12.8. The zero-order chi connectivity index (χ0) is 15.9. The van der Waals surface area contributed by atoms with Crippen LogP contribution in [0.5, 0.6) is 0 Å². The molecule has 0 saturated carbocycles. The molecule has 1 amide bonds. The van der Waals surface area contributed by atoms with E-state index < -0.39 is 12.1 Å². The van der Waals surface area contributed by atoms with Crippen LogP contribution in [-0.2, 0) is 14.3 Å². The molecule has 0 unspecified atom stereocenters. The van der Waals surface area contributed by atoms with Gasteiger partial charge in [0.25, 0.3) is 5.91 Å². The predicted octanol–water partition coefficient (Wildman–Crippen LogP) is 4.09. The molecule has 0 saturated heterocycles.